The number of likely N-dealkylation sites (tertiary alicyclic amines) is 1. The largest absolute Gasteiger partial charge is 0.493 e. The molecule has 1 aromatic carbocycles. The van der Waals surface area contributed by atoms with Crippen LogP contribution in [0, 0.1) is 11.7 Å². The van der Waals surface area contributed by atoms with Gasteiger partial charge in [-0.25, -0.2) is 4.39 Å². The van der Waals surface area contributed by atoms with Gasteiger partial charge in [0.1, 0.15) is 11.6 Å². The highest BCUT2D eigenvalue weighted by Gasteiger charge is 2.24. The summed E-state index contributed by atoms with van der Waals surface area (Å²) in [6.07, 6.45) is 5.26. The lowest BCUT2D eigenvalue weighted by molar-refractivity contribution is 0.0633. The molecule has 0 spiro atoms. The molecule has 1 aromatic heterocycles. The predicted molar refractivity (Wildman–Crippen MR) is 84.8 cm³/mol. The van der Waals surface area contributed by atoms with E-state index < -0.39 is 0 Å². The minimum atomic E-state index is -0.274. The van der Waals surface area contributed by atoms with E-state index in [4.69, 9.17) is 4.74 Å². The predicted octanol–water partition coefficient (Wildman–Crippen LogP) is 3.15. The molecule has 1 fully saturated rings. The molecule has 1 aliphatic rings. The van der Waals surface area contributed by atoms with E-state index >= 15 is 0 Å². The Morgan fingerprint density at radius 1 is 1.22 bits per heavy atom. The van der Waals surface area contributed by atoms with E-state index in [1.165, 1.54) is 12.1 Å². The summed E-state index contributed by atoms with van der Waals surface area (Å²) in [6, 6.07) is 9.49. The van der Waals surface area contributed by atoms with Crippen LogP contribution in [-0.2, 0) is 0 Å². The Morgan fingerprint density at radius 3 is 2.70 bits per heavy atom. The molecule has 3 rings (SSSR count). The molecule has 23 heavy (non-hydrogen) atoms. The molecule has 0 radical (unpaired) electrons. The Labute approximate surface area is 134 Å². The lowest BCUT2D eigenvalue weighted by atomic mass is 9.98. The first-order valence-corrected chi connectivity index (χ1v) is 7.80. The monoisotopic (exact) mass is 314 g/mol. The summed E-state index contributed by atoms with van der Waals surface area (Å²) in [5, 5.41) is 0. The van der Waals surface area contributed by atoms with E-state index in [2.05, 4.69) is 4.98 Å². The van der Waals surface area contributed by atoms with Crippen LogP contribution in [0.2, 0.25) is 0 Å². The van der Waals surface area contributed by atoms with Crippen LogP contribution in [-0.4, -0.2) is 35.5 Å². The van der Waals surface area contributed by atoms with Crippen LogP contribution in [0.25, 0.3) is 0 Å². The maximum atomic E-state index is 12.9. The molecular weight excluding hydrogens is 295 g/mol. The Hall–Kier alpha value is -2.43. The lowest BCUT2D eigenvalue weighted by Gasteiger charge is -2.32. The second-order valence-corrected chi connectivity index (χ2v) is 5.76. The number of aromatic nitrogens is 1. The number of ether oxygens (including phenoxy) is 1. The summed E-state index contributed by atoms with van der Waals surface area (Å²) in [7, 11) is 0. The van der Waals surface area contributed by atoms with Crippen LogP contribution in [0.5, 0.6) is 5.75 Å². The van der Waals surface area contributed by atoms with E-state index in [-0.39, 0.29) is 11.7 Å². The molecule has 1 saturated heterocycles. The minimum absolute atomic E-state index is 0.0406. The fourth-order valence-electron chi connectivity index (χ4n) is 2.81. The van der Waals surface area contributed by atoms with E-state index in [1.807, 2.05) is 4.90 Å². The van der Waals surface area contributed by atoms with Gasteiger partial charge >= 0.3 is 0 Å². The number of carbonyl (C=O) groups excluding carboxylic acids is 1. The van der Waals surface area contributed by atoms with Gasteiger partial charge < -0.3 is 9.64 Å². The van der Waals surface area contributed by atoms with Crippen molar-refractivity contribution in [3.8, 4) is 5.75 Å². The molecule has 0 N–H and O–H groups in total. The fraction of sp³-hybridized carbons (Fsp3) is 0.333. The molecule has 120 valence electrons. The molecule has 0 aliphatic carbocycles. The Bertz CT molecular complexity index is 646. The number of piperidine rings is 1. The number of rotatable bonds is 4. The Kier molecular flexibility index (Phi) is 4.86. The van der Waals surface area contributed by atoms with Crippen LogP contribution in [0.3, 0.4) is 0 Å². The standard InChI is InChI=1S/C18H19FN2O2/c19-16-3-5-17(6-4-16)23-13-14-2-1-11-21(12-14)18(22)15-7-9-20-10-8-15/h3-10,14H,1-2,11-13H2. The van der Waals surface area contributed by atoms with Gasteiger partial charge in [-0.05, 0) is 49.2 Å². The summed E-state index contributed by atoms with van der Waals surface area (Å²) in [6.45, 7) is 1.99. The van der Waals surface area contributed by atoms with Crippen LogP contribution >= 0.6 is 0 Å². The van der Waals surface area contributed by atoms with E-state index in [0.717, 1.165) is 19.4 Å². The van der Waals surface area contributed by atoms with Crippen molar-refractivity contribution in [3.05, 3.63) is 60.2 Å². The van der Waals surface area contributed by atoms with Crippen molar-refractivity contribution in [1.82, 2.24) is 9.88 Å². The van der Waals surface area contributed by atoms with Gasteiger partial charge in [0.05, 0.1) is 6.61 Å². The first-order valence-electron chi connectivity index (χ1n) is 7.80. The minimum Gasteiger partial charge on any atom is -0.493 e. The topological polar surface area (TPSA) is 42.4 Å². The van der Waals surface area contributed by atoms with Gasteiger partial charge in [-0.15, -0.1) is 0 Å². The normalized spacial score (nSPS) is 17.8. The highest BCUT2D eigenvalue weighted by atomic mass is 19.1. The van der Waals surface area contributed by atoms with Crippen LogP contribution in [0.4, 0.5) is 4.39 Å². The number of halogens is 1. The first kappa shape index (κ1) is 15.5. The van der Waals surface area contributed by atoms with Crippen LogP contribution < -0.4 is 4.74 Å². The summed E-state index contributed by atoms with van der Waals surface area (Å²) >= 11 is 0. The van der Waals surface area contributed by atoms with Gasteiger partial charge in [0.2, 0.25) is 0 Å². The molecule has 1 atom stereocenters. The third kappa shape index (κ3) is 4.06. The third-order valence-corrected chi connectivity index (χ3v) is 4.03. The highest BCUT2D eigenvalue weighted by molar-refractivity contribution is 5.94. The van der Waals surface area contributed by atoms with Crippen molar-refractivity contribution in [2.75, 3.05) is 19.7 Å². The molecule has 1 aliphatic heterocycles. The second-order valence-electron chi connectivity index (χ2n) is 5.76. The highest BCUT2D eigenvalue weighted by Crippen LogP contribution is 2.20. The van der Waals surface area contributed by atoms with Crippen molar-refractivity contribution < 1.29 is 13.9 Å². The maximum Gasteiger partial charge on any atom is 0.253 e. The smallest absolute Gasteiger partial charge is 0.253 e. The van der Waals surface area contributed by atoms with Crippen molar-refractivity contribution >= 4 is 5.91 Å². The zero-order valence-corrected chi connectivity index (χ0v) is 12.8. The molecule has 5 heteroatoms. The van der Waals surface area contributed by atoms with Crippen molar-refractivity contribution in [1.29, 1.82) is 0 Å². The number of hydrogen-bond donors (Lipinski definition) is 0. The average Bonchev–Trinajstić information content (AvgIpc) is 2.61. The Morgan fingerprint density at radius 2 is 1.96 bits per heavy atom. The van der Waals surface area contributed by atoms with Crippen LogP contribution in [0.15, 0.2) is 48.8 Å². The first-order chi connectivity index (χ1) is 11.2. The second kappa shape index (κ2) is 7.22. The quantitative estimate of drug-likeness (QED) is 0.870. The number of carbonyl (C=O) groups is 1. The van der Waals surface area contributed by atoms with E-state index in [9.17, 15) is 9.18 Å². The number of pyridine rings is 1. The Balaban J connectivity index is 1.56. The SMILES string of the molecule is O=C(c1ccncc1)N1CCCC(COc2ccc(F)cc2)C1. The molecule has 1 amide bonds. The summed E-state index contributed by atoms with van der Waals surface area (Å²) in [5.41, 5.74) is 0.667. The van der Waals surface area contributed by atoms with Gasteiger partial charge in [-0.2, -0.15) is 0 Å². The maximum absolute atomic E-state index is 12.9. The van der Waals surface area contributed by atoms with Crippen molar-refractivity contribution in [2.45, 2.75) is 12.8 Å². The fourth-order valence-corrected chi connectivity index (χ4v) is 2.81. The summed E-state index contributed by atoms with van der Waals surface area (Å²) < 4.78 is 18.6. The molecule has 2 aromatic rings. The van der Waals surface area contributed by atoms with Gasteiger partial charge in [-0.1, -0.05) is 0 Å². The number of amides is 1. The number of nitrogens with zero attached hydrogens (tertiary/aromatic N) is 2. The molecule has 4 nitrogen and oxygen atoms in total. The number of benzene rings is 1. The summed E-state index contributed by atoms with van der Waals surface area (Å²) in [5.74, 6) is 0.714. The molecular formula is C18H19FN2O2. The average molecular weight is 314 g/mol. The summed E-state index contributed by atoms with van der Waals surface area (Å²) in [4.78, 5) is 18.3. The zero-order chi connectivity index (χ0) is 16.1. The van der Waals surface area contributed by atoms with E-state index in [1.54, 1.807) is 36.7 Å². The van der Waals surface area contributed by atoms with Gasteiger partial charge in [0.25, 0.3) is 5.91 Å². The van der Waals surface area contributed by atoms with Gasteiger partial charge in [-0.3, -0.25) is 9.78 Å². The zero-order valence-electron chi connectivity index (χ0n) is 12.8. The van der Waals surface area contributed by atoms with Gasteiger partial charge in [0, 0.05) is 37.0 Å². The molecule has 0 bridgehead atoms. The molecule has 1 unspecified atom stereocenters. The number of hydrogen-bond acceptors (Lipinski definition) is 3. The molecule has 0 saturated carbocycles. The van der Waals surface area contributed by atoms with Crippen molar-refractivity contribution in [2.24, 2.45) is 5.92 Å². The lowest BCUT2D eigenvalue weighted by Crippen LogP contribution is -2.41. The van der Waals surface area contributed by atoms with Crippen molar-refractivity contribution in [3.63, 3.8) is 0 Å². The van der Waals surface area contributed by atoms with Crippen LogP contribution in [0.1, 0.15) is 23.2 Å². The van der Waals surface area contributed by atoms with E-state index in [0.29, 0.717) is 30.4 Å². The molecule has 2 heterocycles. The van der Waals surface area contributed by atoms with Gasteiger partial charge in [0.15, 0.2) is 0 Å². The third-order valence-electron chi connectivity index (χ3n) is 4.03.